The molecule has 7 heteroatoms. The second-order valence-corrected chi connectivity index (χ2v) is 5.71. The molecule has 2 rings (SSSR count). The first kappa shape index (κ1) is 14.7. The Hall–Kier alpha value is -1.73. The van der Waals surface area contributed by atoms with Gasteiger partial charge < -0.3 is 5.73 Å². The molecule has 1 heterocycles. The van der Waals surface area contributed by atoms with Crippen molar-refractivity contribution in [3.05, 3.63) is 57.8 Å². The lowest BCUT2D eigenvalue weighted by atomic mass is 10.2. The number of nitrogens with zero attached hydrogens (tertiary/aromatic N) is 2. The zero-order chi connectivity index (χ0) is 14.4. The van der Waals surface area contributed by atoms with Gasteiger partial charge in [0.15, 0.2) is 16.8 Å². The number of benzene rings is 1. The minimum absolute atomic E-state index is 0.266. The average Bonchev–Trinajstić information content (AvgIpc) is 2.93. The van der Waals surface area contributed by atoms with E-state index < -0.39 is 11.6 Å². The molecule has 1 aromatic heterocycles. The first-order valence-electron chi connectivity index (χ1n) is 5.62. The van der Waals surface area contributed by atoms with E-state index in [0.29, 0.717) is 11.3 Å². The first-order valence-corrected chi connectivity index (χ1v) is 7.48. The topological polar surface area (TPSA) is 50.7 Å². The lowest BCUT2D eigenvalue weighted by molar-refractivity contribution is 0.507. The summed E-state index contributed by atoms with van der Waals surface area (Å²) in [4.78, 5) is 0.979. The van der Waals surface area contributed by atoms with Crippen molar-refractivity contribution in [1.29, 1.82) is 0 Å². The quantitative estimate of drug-likeness (QED) is 0.533. The average molecular weight is 311 g/mol. The molecule has 2 N–H and O–H groups in total. The Kier molecular flexibility index (Phi) is 5.25. The van der Waals surface area contributed by atoms with E-state index >= 15 is 0 Å². The Morgan fingerprint density at radius 1 is 1.30 bits per heavy atom. The third-order valence-electron chi connectivity index (χ3n) is 2.26. The van der Waals surface area contributed by atoms with Gasteiger partial charge >= 0.3 is 0 Å². The molecule has 0 amide bonds. The van der Waals surface area contributed by atoms with Gasteiger partial charge in [-0.15, -0.1) is 16.4 Å². The standard InChI is InChI=1S/C13H11F2N3S2/c14-11-4-3-9(6-12(11)15)8-20-13(16)18-17-7-10-2-1-5-19-10/h1-7H,8H2,(H2,16,18). The van der Waals surface area contributed by atoms with E-state index in [0.717, 1.165) is 17.0 Å². The van der Waals surface area contributed by atoms with E-state index in [1.807, 2.05) is 17.5 Å². The summed E-state index contributed by atoms with van der Waals surface area (Å²) in [5.74, 6) is -1.32. The number of rotatable bonds is 4. The number of hydrogen-bond donors (Lipinski definition) is 1. The highest BCUT2D eigenvalue weighted by Gasteiger charge is 2.03. The first-order chi connectivity index (χ1) is 9.65. The lowest BCUT2D eigenvalue weighted by Gasteiger charge is -2.01. The van der Waals surface area contributed by atoms with Crippen molar-refractivity contribution in [1.82, 2.24) is 0 Å². The summed E-state index contributed by atoms with van der Waals surface area (Å²) in [7, 11) is 0. The number of thioether (sulfide) groups is 1. The van der Waals surface area contributed by atoms with Crippen LogP contribution in [0.5, 0.6) is 0 Å². The summed E-state index contributed by atoms with van der Waals surface area (Å²) >= 11 is 2.75. The molecule has 0 aliphatic rings. The number of amidine groups is 1. The molecule has 0 fully saturated rings. The van der Waals surface area contributed by atoms with Crippen molar-refractivity contribution < 1.29 is 8.78 Å². The Labute approximate surface area is 123 Å². The molecule has 0 saturated carbocycles. The molecule has 1 aromatic carbocycles. The molecule has 3 nitrogen and oxygen atoms in total. The van der Waals surface area contributed by atoms with Crippen LogP contribution in [0.1, 0.15) is 10.4 Å². The fourth-order valence-corrected chi connectivity index (χ4v) is 2.50. The van der Waals surface area contributed by atoms with Crippen molar-refractivity contribution in [2.75, 3.05) is 0 Å². The maximum absolute atomic E-state index is 13.0. The molecule has 0 saturated heterocycles. The van der Waals surface area contributed by atoms with Crippen molar-refractivity contribution in [2.24, 2.45) is 15.9 Å². The van der Waals surface area contributed by atoms with Crippen molar-refractivity contribution >= 4 is 34.5 Å². The highest BCUT2D eigenvalue weighted by molar-refractivity contribution is 8.13. The second-order valence-electron chi connectivity index (χ2n) is 3.74. The van der Waals surface area contributed by atoms with Crippen LogP contribution in [0.4, 0.5) is 8.78 Å². The smallest absolute Gasteiger partial charge is 0.180 e. The van der Waals surface area contributed by atoms with E-state index in [4.69, 9.17) is 5.73 Å². The Morgan fingerprint density at radius 3 is 2.85 bits per heavy atom. The van der Waals surface area contributed by atoms with Crippen LogP contribution in [0.3, 0.4) is 0 Å². The van der Waals surface area contributed by atoms with Gasteiger partial charge in [0.2, 0.25) is 0 Å². The number of hydrogen-bond acceptors (Lipinski definition) is 4. The molecular formula is C13H11F2N3S2. The summed E-state index contributed by atoms with van der Waals surface area (Å²) in [6.07, 6.45) is 1.61. The minimum atomic E-state index is -0.866. The van der Waals surface area contributed by atoms with Crippen LogP contribution in [0.2, 0.25) is 0 Å². The van der Waals surface area contributed by atoms with Crippen molar-refractivity contribution in [3.8, 4) is 0 Å². The third kappa shape index (κ3) is 4.43. The number of nitrogens with two attached hydrogens (primary N) is 1. The van der Waals surface area contributed by atoms with Crippen LogP contribution < -0.4 is 5.73 Å². The molecule has 0 bridgehead atoms. The van der Waals surface area contributed by atoms with Gasteiger partial charge in [0.25, 0.3) is 0 Å². The normalized spacial score (nSPS) is 12.2. The Morgan fingerprint density at radius 2 is 2.15 bits per heavy atom. The summed E-state index contributed by atoms with van der Waals surface area (Å²) < 4.78 is 25.7. The maximum atomic E-state index is 13.0. The van der Waals surface area contributed by atoms with E-state index in [1.165, 1.54) is 17.8 Å². The van der Waals surface area contributed by atoms with Crippen molar-refractivity contribution in [2.45, 2.75) is 5.75 Å². The van der Waals surface area contributed by atoms with Gasteiger partial charge in [0, 0.05) is 10.6 Å². The Bertz CT molecular complexity index is 625. The van der Waals surface area contributed by atoms with Gasteiger partial charge in [-0.25, -0.2) is 8.78 Å². The lowest BCUT2D eigenvalue weighted by Crippen LogP contribution is -2.06. The van der Waals surface area contributed by atoms with Gasteiger partial charge in [-0.3, -0.25) is 0 Å². The fourth-order valence-electron chi connectivity index (χ4n) is 1.32. The second kappa shape index (κ2) is 7.16. The Balaban J connectivity index is 1.88. The van der Waals surface area contributed by atoms with Crippen LogP contribution in [0.25, 0.3) is 0 Å². The fraction of sp³-hybridized carbons (Fsp3) is 0.0769. The predicted octanol–water partition coefficient (Wildman–Crippen LogP) is 3.61. The van der Waals surface area contributed by atoms with Gasteiger partial charge in [-0.05, 0) is 29.1 Å². The summed E-state index contributed by atoms with van der Waals surface area (Å²) in [6.45, 7) is 0. The summed E-state index contributed by atoms with van der Waals surface area (Å²) in [5.41, 5.74) is 6.30. The minimum Gasteiger partial charge on any atom is -0.377 e. The third-order valence-corrected chi connectivity index (χ3v) is 3.92. The zero-order valence-electron chi connectivity index (χ0n) is 10.3. The van der Waals surface area contributed by atoms with E-state index in [-0.39, 0.29) is 5.17 Å². The zero-order valence-corrected chi connectivity index (χ0v) is 11.9. The molecular weight excluding hydrogens is 300 g/mol. The molecule has 0 atom stereocenters. The van der Waals surface area contributed by atoms with E-state index in [9.17, 15) is 8.78 Å². The van der Waals surface area contributed by atoms with Crippen LogP contribution in [-0.4, -0.2) is 11.4 Å². The monoisotopic (exact) mass is 311 g/mol. The molecule has 0 unspecified atom stereocenters. The van der Waals surface area contributed by atoms with Crippen LogP contribution >= 0.6 is 23.1 Å². The van der Waals surface area contributed by atoms with Gasteiger partial charge in [-0.1, -0.05) is 23.9 Å². The molecule has 0 aliphatic carbocycles. The SMILES string of the molecule is N/C(=N\N=Cc1cccs1)SCc1ccc(F)c(F)c1. The van der Waals surface area contributed by atoms with E-state index in [2.05, 4.69) is 10.2 Å². The summed E-state index contributed by atoms with van der Waals surface area (Å²) in [5, 5.41) is 9.87. The molecule has 20 heavy (non-hydrogen) atoms. The van der Waals surface area contributed by atoms with Gasteiger partial charge in [0.05, 0.1) is 6.21 Å². The largest absolute Gasteiger partial charge is 0.377 e. The highest BCUT2D eigenvalue weighted by atomic mass is 32.2. The molecule has 2 aromatic rings. The molecule has 0 aliphatic heterocycles. The molecule has 0 spiro atoms. The van der Waals surface area contributed by atoms with Crippen LogP contribution in [0, 0.1) is 11.6 Å². The van der Waals surface area contributed by atoms with Gasteiger partial charge in [0.1, 0.15) is 0 Å². The molecule has 104 valence electrons. The number of thiophene rings is 1. The number of halogens is 2. The summed E-state index contributed by atoms with van der Waals surface area (Å²) in [6, 6.07) is 7.57. The maximum Gasteiger partial charge on any atom is 0.180 e. The van der Waals surface area contributed by atoms with Crippen molar-refractivity contribution in [3.63, 3.8) is 0 Å². The predicted molar refractivity (Wildman–Crippen MR) is 81.2 cm³/mol. The van der Waals surface area contributed by atoms with E-state index in [1.54, 1.807) is 17.6 Å². The van der Waals surface area contributed by atoms with Crippen LogP contribution in [0.15, 0.2) is 45.9 Å². The van der Waals surface area contributed by atoms with Gasteiger partial charge in [-0.2, -0.15) is 5.10 Å². The molecule has 0 radical (unpaired) electrons. The highest BCUT2D eigenvalue weighted by Crippen LogP contribution is 2.15. The van der Waals surface area contributed by atoms with Crippen LogP contribution in [-0.2, 0) is 5.75 Å².